The minimum Gasteiger partial charge on any atom is -0.312 e. The second-order valence-corrected chi connectivity index (χ2v) is 6.96. The Labute approximate surface area is 122 Å². The summed E-state index contributed by atoms with van der Waals surface area (Å²) >= 11 is 2.07. The number of hydrogen-bond donors (Lipinski definition) is 1. The lowest BCUT2D eigenvalue weighted by Gasteiger charge is -2.26. The van der Waals surface area contributed by atoms with Crippen molar-refractivity contribution in [2.24, 2.45) is 5.92 Å². The first kappa shape index (κ1) is 14.9. The van der Waals surface area contributed by atoms with E-state index in [1.807, 2.05) is 0 Å². The fourth-order valence-electron chi connectivity index (χ4n) is 2.36. The van der Waals surface area contributed by atoms with E-state index < -0.39 is 0 Å². The molecular formula is C16H26N2S. The Morgan fingerprint density at radius 2 is 1.95 bits per heavy atom. The highest BCUT2D eigenvalue weighted by molar-refractivity contribution is 7.99. The zero-order valence-corrected chi connectivity index (χ0v) is 13.0. The second kappa shape index (κ2) is 7.93. The predicted octanol–water partition coefficient (Wildman–Crippen LogP) is 2.98. The zero-order valence-electron chi connectivity index (χ0n) is 12.2. The van der Waals surface area contributed by atoms with Crippen molar-refractivity contribution in [3.05, 3.63) is 35.4 Å². The van der Waals surface area contributed by atoms with Gasteiger partial charge in [-0.25, -0.2) is 0 Å². The van der Waals surface area contributed by atoms with Gasteiger partial charge in [-0.15, -0.1) is 0 Å². The van der Waals surface area contributed by atoms with Crippen LogP contribution in [0.5, 0.6) is 0 Å². The van der Waals surface area contributed by atoms with Crippen molar-refractivity contribution in [3.63, 3.8) is 0 Å². The molecule has 106 valence electrons. The second-order valence-electron chi connectivity index (χ2n) is 5.73. The van der Waals surface area contributed by atoms with Crippen LogP contribution in [0.2, 0.25) is 0 Å². The average Bonchev–Trinajstić information content (AvgIpc) is 2.40. The number of benzene rings is 1. The van der Waals surface area contributed by atoms with Crippen molar-refractivity contribution in [1.29, 1.82) is 0 Å². The van der Waals surface area contributed by atoms with E-state index in [0.29, 0.717) is 5.92 Å². The van der Waals surface area contributed by atoms with Gasteiger partial charge in [-0.3, -0.25) is 4.90 Å². The highest BCUT2D eigenvalue weighted by Crippen LogP contribution is 2.14. The summed E-state index contributed by atoms with van der Waals surface area (Å²) in [6.45, 7) is 10.2. The third kappa shape index (κ3) is 5.55. The molecule has 1 aliphatic rings. The summed E-state index contributed by atoms with van der Waals surface area (Å²) < 4.78 is 0. The first-order valence-electron chi connectivity index (χ1n) is 7.32. The predicted molar refractivity (Wildman–Crippen MR) is 85.6 cm³/mol. The topological polar surface area (TPSA) is 15.3 Å². The third-order valence-corrected chi connectivity index (χ3v) is 4.33. The Bertz CT molecular complexity index is 373. The van der Waals surface area contributed by atoms with Crippen LogP contribution < -0.4 is 5.32 Å². The van der Waals surface area contributed by atoms with E-state index in [0.717, 1.165) is 19.6 Å². The lowest BCUT2D eigenvalue weighted by atomic mass is 10.1. The van der Waals surface area contributed by atoms with Crippen molar-refractivity contribution in [2.75, 3.05) is 31.1 Å². The highest BCUT2D eigenvalue weighted by Gasteiger charge is 2.10. The summed E-state index contributed by atoms with van der Waals surface area (Å²) in [6, 6.07) is 9.03. The van der Waals surface area contributed by atoms with E-state index in [9.17, 15) is 0 Å². The van der Waals surface area contributed by atoms with Gasteiger partial charge in [-0.2, -0.15) is 11.8 Å². The maximum Gasteiger partial charge on any atom is 0.0234 e. The van der Waals surface area contributed by atoms with Crippen LogP contribution in [0.25, 0.3) is 0 Å². The summed E-state index contributed by atoms with van der Waals surface area (Å²) in [5.74, 6) is 3.29. The van der Waals surface area contributed by atoms with E-state index in [1.54, 1.807) is 0 Å². The van der Waals surface area contributed by atoms with Gasteiger partial charge in [0.05, 0.1) is 0 Å². The molecule has 1 aliphatic heterocycles. The molecule has 0 aromatic heterocycles. The van der Waals surface area contributed by atoms with Crippen LogP contribution in [0, 0.1) is 5.92 Å². The van der Waals surface area contributed by atoms with Gasteiger partial charge in [0, 0.05) is 37.7 Å². The Morgan fingerprint density at radius 1 is 1.21 bits per heavy atom. The van der Waals surface area contributed by atoms with Crippen molar-refractivity contribution in [1.82, 2.24) is 10.2 Å². The first-order valence-corrected chi connectivity index (χ1v) is 8.48. The van der Waals surface area contributed by atoms with Gasteiger partial charge in [-0.1, -0.05) is 38.1 Å². The molecule has 1 heterocycles. The Hall–Kier alpha value is -0.510. The Kier molecular flexibility index (Phi) is 6.21. The normalized spacial score (nSPS) is 17.0. The fraction of sp³-hybridized carbons (Fsp3) is 0.625. The van der Waals surface area contributed by atoms with Crippen molar-refractivity contribution >= 4 is 11.8 Å². The highest BCUT2D eigenvalue weighted by atomic mass is 32.2. The lowest BCUT2D eigenvalue weighted by molar-refractivity contribution is 0.294. The summed E-state index contributed by atoms with van der Waals surface area (Å²) in [7, 11) is 0. The SMILES string of the molecule is CC(C)CNCc1cccc(CN2CCSCC2)c1. The molecule has 0 aliphatic carbocycles. The molecule has 0 radical (unpaired) electrons. The van der Waals surface area contributed by atoms with Gasteiger partial charge in [0.1, 0.15) is 0 Å². The Morgan fingerprint density at radius 3 is 2.68 bits per heavy atom. The van der Waals surface area contributed by atoms with Crippen molar-refractivity contribution < 1.29 is 0 Å². The molecule has 1 N–H and O–H groups in total. The molecule has 19 heavy (non-hydrogen) atoms. The maximum absolute atomic E-state index is 3.52. The summed E-state index contributed by atoms with van der Waals surface area (Å²) in [5.41, 5.74) is 2.86. The van der Waals surface area contributed by atoms with Gasteiger partial charge in [0.25, 0.3) is 0 Å². The number of thioether (sulfide) groups is 1. The van der Waals surface area contributed by atoms with Gasteiger partial charge in [0.15, 0.2) is 0 Å². The van der Waals surface area contributed by atoms with Crippen LogP contribution in [0.15, 0.2) is 24.3 Å². The minimum atomic E-state index is 0.717. The number of hydrogen-bond acceptors (Lipinski definition) is 3. The quantitative estimate of drug-likeness (QED) is 0.861. The summed E-state index contributed by atoms with van der Waals surface area (Å²) in [6.07, 6.45) is 0. The molecule has 1 aromatic carbocycles. The standard InChI is InChI=1S/C16H26N2S/c1-14(2)11-17-12-15-4-3-5-16(10-15)13-18-6-8-19-9-7-18/h3-5,10,14,17H,6-9,11-13H2,1-2H3. The van der Waals surface area contributed by atoms with Crippen LogP contribution >= 0.6 is 11.8 Å². The van der Waals surface area contributed by atoms with Crippen LogP contribution in [-0.4, -0.2) is 36.0 Å². The van der Waals surface area contributed by atoms with Crippen LogP contribution in [0.3, 0.4) is 0 Å². The van der Waals surface area contributed by atoms with E-state index in [-0.39, 0.29) is 0 Å². The number of rotatable bonds is 6. The monoisotopic (exact) mass is 278 g/mol. The molecule has 0 amide bonds. The average molecular weight is 278 g/mol. The Balaban J connectivity index is 1.83. The smallest absolute Gasteiger partial charge is 0.0234 e. The van der Waals surface area contributed by atoms with Crippen LogP contribution in [-0.2, 0) is 13.1 Å². The minimum absolute atomic E-state index is 0.717. The van der Waals surface area contributed by atoms with E-state index in [4.69, 9.17) is 0 Å². The summed E-state index contributed by atoms with van der Waals surface area (Å²) in [5, 5.41) is 3.52. The molecule has 0 spiro atoms. The molecule has 0 unspecified atom stereocenters. The number of nitrogens with one attached hydrogen (secondary N) is 1. The fourth-order valence-corrected chi connectivity index (χ4v) is 3.34. The molecule has 2 nitrogen and oxygen atoms in total. The molecule has 0 saturated carbocycles. The molecular weight excluding hydrogens is 252 g/mol. The molecule has 3 heteroatoms. The number of nitrogens with zero attached hydrogens (tertiary/aromatic N) is 1. The van der Waals surface area contributed by atoms with E-state index in [2.05, 4.69) is 60.1 Å². The van der Waals surface area contributed by atoms with Gasteiger partial charge in [-0.05, 0) is 23.6 Å². The summed E-state index contributed by atoms with van der Waals surface area (Å²) in [4.78, 5) is 2.57. The van der Waals surface area contributed by atoms with E-state index in [1.165, 1.54) is 35.7 Å². The maximum atomic E-state index is 3.52. The van der Waals surface area contributed by atoms with Crippen LogP contribution in [0.4, 0.5) is 0 Å². The largest absolute Gasteiger partial charge is 0.312 e. The lowest BCUT2D eigenvalue weighted by Crippen LogP contribution is -2.32. The molecule has 2 rings (SSSR count). The zero-order chi connectivity index (χ0) is 13.5. The van der Waals surface area contributed by atoms with Crippen molar-refractivity contribution in [3.8, 4) is 0 Å². The molecule has 0 bridgehead atoms. The molecule has 1 saturated heterocycles. The van der Waals surface area contributed by atoms with E-state index >= 15 is 0 Å². The van der Waals surface area contributed by atoms with Crippen LogP contribution in [0.1, 0.15) is 25.0 Å². The van der Waals surface area contributed by atoms with Gasteiger partial charge >= 0.3 is 0 Å². The first-order chi connectivity index (χ1) is 9.24. The van der Waals surface area contributed by atoms with Crippen molar-refractivity contribution in [2.45, 2.75) is 26.9 Å². The van der Waals surface area contributed by atoms with Gasteiger partial charge < -0.3 is 5.32 Å². The van der Waals surface area contributed by atoms with Gasteiger partial charge in [0.2, 0.25) is 0 Å². The third-order valence-electron chi connectivity index (χ3n) is 3.38. The molecule has 0 atom stereocenters. The molecule has 1 aromatic rings. The molecule has 1 fully saturated rings.